The minimum atomic E-state index is -0.728. The van der Waals surface area contributed by atoms with Gasteiger partial charge in [-0.05, 0) is 0 Å². The van der Waals surface area contributed by atoms with Gasteiger partial charge in [0.1, 0.15) is 0 Å². The number of esters is 1. The molecular weight excluding hydrogens is 212 g/mol. The van der Waals surface area contributed by atoms with Gasteiger partial charge in [-0.25, -0.2) is 0 Å². The quantitative estimate of drug-likeness (QED) is 0.470. The number of hydrogen-bond donors (Lipinski definition) is 1. The average Bonchev–Trinajstić information content (AvgIpc) is 2.28. The smallest absolute Gasteiger partial charge is 0.307 e. The molecule has 86 valence electrons. The zero-order valence-electron chi connectivity index (χ0n) is 8.75. The molecule has 0 spiro atoms. The Kier molecular flexibility index (Phi) is 3.96. The molecule has 0 aliphatic heterocycles. The fourth-order valence-corrected chi connectivity index (χ4v) is 1.34. The number of nitrogens with zero attached hydrogens (tertiary/aromatic N) is 1. The van der Waals surface area contributed by atoms with E-state index in [0.29, 0.717) is 5.56 Å². The number of methoxy groups -OCH3 is 1. The van der Waals surface area contributed by atoms with E-state index in [-0.39, 0.29) is 12.1 Å². The highest BCUT2D eigenvalue weighted by molar-refractivity contribution is 5.70. The summed E-state index contributed by atoms with van der Waals surface area (Å²) in [5.41, 5.74) is 5.95. The van der Waals surface area contributed by atoms with Crippen molar-refractivity contribution < 1.29 is 14.5 Å². The Hall–Kier alpha value is -1.95. The molecule has 0 fully saturated rings. The van der Waals surface area contributed by atoms with Gasteiger partial charge in [0, 0.05) is 17.7 Å². The van der Waals surface area contributed by atoms with Gasteiger partial charge in [-0.15, -0.1) is 0 Å². The van der Waals surface area contributed by atoms with E-state index >= 15 is 0 Å². The minimum absolute atomic E-state index is 0.0820. The molecule has 2 N–H and O–H groups in total. The summed E-state index contributed by atoms with van der Waals surface area (Å²) < 4.78 is 4.45. The zero-order chi connectivity index (χ0) is 12.1. The summed E-state index contributed by atoms with van der Waals surface area (Å²) in [7, 11) is 1.24. The predicted molar refractivity (Wildman–Crippen MR) is 56.7 cm³/mol. The van der Waals surface area contributed by atoms with Gasteiger partial charge in [-0.3, -0.25) is 14.9 Å². The maximum Gasteiger partial charge on any atom is 0.307 e. The van der Waals surface area contributed by atoms with Gasteiger partial charge in [-0.1, -0.05) is 18.2 Å². The molecule has 1 rings (SSSR count). The van der Waals surface area contributed by atoms with Gasteiger partial charge >= 0.3 is 5.97 Å². The standard InChI is InChI=1S/C10H12N2O4/c1-16-10(13)6-8(11)7-4-2-3-5-9(7)12(14)15/h2-5,8H,6,11H2,1H3/t8-/m1/s1. The molecule has 0 aromatic heterocycles. The lowest BCUT2D eigenvalue weighted by molar-refractivity contribution is -0.385. The Morgan fingerprint density at radius 3 is 2.75 bits per heavy atom. The molecule has 0 aliphatic carbocycles. The first-order chi connectivity index (χ1) is 7.56. The van der Waals surface area contributed by atoms with Crippen molar-refractivity contribution in [3.05, 3.63) is 39.9 Å². The van der Waals surface area contributed by atoms with Crippen LogP contribution < -0.4 is 5.73 Å². The number of hydrogen-bond acceptors (Lipinski definition) is 5. The van der Waals surface area contributed by atoms with Gasteiger partial charge in [-0.2, -0.15) is 0 Å². The molecule has 6 nitrogen and oxygen atoms in total. The van der Waals surface area contributed by atoms with Gasteiger partial charge < -0.3 is 10.5 Å². The highest BCUT2D eigenvalue weighted by atomic mass is 16.6. The number of benzene rings is 1. The third-order valence-electron chi connectivity index (χ3n) is 2.15. The van der Waals surface area contributed by atoms with Crippen LogP contribution in [0, 0.1) is 10.1 Å². The van der Waals surface area contributed by atoms with E-state index in [4.69, 9.17) is 5.73 Å². The normalized spacial score (nSPS) is 11.9. The highest BCUT2D eigenvalue weighted by Gasteiger charge is 2.20. The maximum absolute atomic E-state index is 11.0. The van der Waals surface area contributed by atoms with E-state index in [0.717, 1.165) is 0 Å². The van der Waals surface area contributed by atoms with Crippen molar-refractivity contribution in [3.8, 4) is 0 Å². The number of nitrogens with two attached hydrogens (primary N) is 1. The van der Waals surface area contributed by atoms with Crippen molar-refractivity contribution in [1.82, 2.24) is 0 Å². The summed E-state index contributed by atoms with van der Waals surface area (Å²) in [6.07, 6.45) is -0.0820. The fourth-order valence-electron chi connectivity index (χ4n) is 1.34. The third kappa shape index (κ3) is 2.77. The number of para-hydroxylation sites is 1. The van der Waals surface area contributed by atoms with Gasteiger partial charge in [0.25, 0.3) is 5.69 Å². The van der Waals surface area contributed by atoms with Crippen molar-refractivity contribution in [2.75, 3.05) is 7.11 Å². The number of nitro benzene ring substituents is 1. The number of nitro groups is 1. The van der Waals surface area contributed by atoms with Crippen LogP contribution in [-0.4, -0.2) is 18.0 Å². The number of carbonyl (C=O) groups is 1. The lowest BCUT2D eigenvalue weighted by atomic mass is 10.0. The van der Waals surface area contributed by atoms with E-state index in [1.807, 2.05) is 0 Å². The molecule has 6 heteroatoms. The Bertz CT molecular complexity index is 406. The van der Waals surface area contributed by atoms with Crippen LogP contribution in [0.1, 0.15) is 18.0 Å². The van der Waals surface area contributed by atoms with E-state index in [9.17, 15) is 14.9 Å². The molecule has 1 aromatic carbocycles. The predicted octanol–water partition coefficient (Wildman–Crippen LogP) is 1.16. The molecule has 0 aliphatic rings. The van der Waals surface area contributed by atoms with Gasteiger partial charge in [0.15, 0.2) is 0 Å². The average molecular weight is 224 g/mol. The van der Waals surface area contributed by atoms with Gasteiger partial charge in [0.2, 0.25) is 0 Å². The number of carbonyl (C=O) groups excluding carboxylic acids is 1. The zero-order valence-corrected chi connectivity index (χ0v) is 8.75. The molecule has 1 aromatic rings. The van der Waals surface area contributed by atoms with Crippen molar-refractivity contribution in [3.63, 3.8) is 0 Å². The molecule has 16 heavy (non-hydrogen) atoms. The Labute approximate surface area is 92.2 Å². The molecule has 0 heterocycles. The van der Waals surface area contributed by atoms with Crippen LogP contribution in [0.25, 0.3) is 0 Å². The maximum atomic E-state index is 11.0. The second-order valence-electron chi connectivity index (χ2n) is 3.20. The van der Waals surface area contributed by atoms with Crippen molar-refractivity contribution in [2.45, 2.75) is 12.5 Å². The molecule has 0 saturated carbocycles. The lowest BCUT2D eigenvalue weighted by Crippen LogP contribution is -2.17. The largest absolute Gasteiger partial charge is 0.469 e. The third-order valence-corrected chi connectivity index (χ3v) is 2.15. The molecule has 0 amide bonds. The topological polar surface area (TPSA) is 95.5 Å². The highest BCUT2D eigenvalue weighted by Crippen LogP contribution is 2.25. The van der Waals surface area contributed by atoms with E-state index in [1.54, 1.807) is 12.1 Å². The Morgan fingerprint density at radius 2 is 2.19 bits per heavy atom. The second-order valence-corrected chi connectivity index (χ2v) is 3.20. The summed E-state index contributed by atoms with van der Waals surface area (Å²) in [5, 5.41) is 10.7. The SMILES string of the molecule is COC(=O)C[C@@H](N)c1ccccc1[N+](=O)[O-]. The minimum Gasteiger partial charge on any atom is -0.469 e. The van der Waals surface area contributed by atoms with Crippen LogP contribution >= 0.6 is 0 Å². The summed E-state index contributed by atoms with van der Waals surface area (Å²) in [6, 6.07) is 5.35. The first kappa shape index (κ1) is 12.1. The Morgan fingerprint density at radius 1 is 1.56 bits per heavy atom. The van der Waals surface area contributed by atoms with Crippen LogP contribution in [0.4, 0.5) is 5.69 Å². The molecule has 0 unspecified atom stereocenters. The lowest BCUT2D eigenvalue weighted by Gasteiger charge is -2.10. The van der Waals surface area contributed by atoms with Gasteiger partial charge in [0.05, 0.1) is 18.5 Å². The molecule has 0 saturated heterocycles. The van der Waals surface area contributed by atoms with Crippen LogP contribution in [0.5, 0.6) is 0 Å². The monoisotopic (exact) mass is 224 g/mol. The summed E-state index contributed by atoms with van der Waals surface area (Å²) >= 11 is 0. The molecule has 0 bridgehead atoms. The van der Waals surface area contributed by atoms with Crippen LogP contribution in [0.15, 0.2) is 24.3 Å². The van der Waals surface area contributed by atoms with E-state index < -0.39 is 16.9 Å². The van der Waals surface area contributed by atoms with Crippen molar-refractivity contribution >= 4 is 11.7 Å². The Balaban J connectivity index is 2.94. The van der Waals surface area contributed by atoms with Crippen molar-refractivity contribution in [2.24, 2.45) is 5.73 Å². The second kappa shape index (κ2) is 5.22. The summed E-state index contributed by atoms with van der Waals surface area (Å²) in [4.78, 5) is 21.2. The first-order valence-corrected chi connectivity index (χ1v) is 4.62. The number of ether oxygens (including phenoxy) is 1. The summed E-state index contributed by atoms with van der Waals surface area (Å²) in [5.74, 6) is -0.495. The van der Waals surface area contributed by atoms with Crippen LogP contribution in [-0.2, 0) is 9.53 Å². The fraction of sp³-hybridized carbons (Fsp3) is 0.300. The van der Waals surface area contributed by atoms with E-state index in [1.165, 1.54) is 19.2 Å². The van der Waals surface area contributed by atoms with Crippen LogP contribution in [0.2, 0.25) is 0 Å². The molecule has 0 radical (unpaired) electrons. The number of rotatable bonds is 4. The first-order valence-electron chi connectivity index (χ1n) is 4.62. The summed E-state index contributed by atoms with van der Waals surface area (Å²) in [6.45, 7) is 0. The molecule has 1 atom stereocenters. The van der Waals surface area contributed by atoms with E-state index in [2.05, 4.69) is 4.74 Å². The van der Waals surface area contributed by atoms with Crippen LogP contribution in [0.3, 0.4) is 0 Å². The van der Waals surface area contributed by atoms with Crippen molar-refractivity contribution in [1.29, 1.82) is 0 Å². The molecular formula is C10H12N2O4.